The number of anilines is 1. The zero-order valence-electron chi connectivity index (χ0n) is 17.5. The normalized spacial score (nSPS) is 22.4. The highest BCUT2D eigenvalue weighted by atomic mass is 19.3. The maximum absolute atomic E-state index is 13.1. The lowest BCUT2D eigenvalue weighted by Crippen LogP contribution is -2.37. The Morgan fingerprint density at radius 3 is 2.72 bits per heavy atom. The van der Waals surface area contributed by atoms with Crippen LogP contribution in [0.4, 0.5) is 14.6 Å². The number of dihydropyridines is 1. The maximum Gasteiger partial charge on any atom is 0.267 e. The minimum atomic E-state index is -2.98. The van der Waals surface area contributed by atoms with Crippen LogP contribution in [0.15, 0.2) is 36.2 Å². The largest absolute Gasteiger partial charge is 0.391 e. The van der Waals surface area contributed by atoms with E-state index >= 15 is 0 Å². The number of aromatic nitrogens is 2. The molecule has 0 bridgehead atoms. The number of pyridine rings is 2. The van der Waals surface area contributed by atoms with E-state index in [4.69, 9.17) is 5.73 Å². The van der Waals surface area contributed by atoms with Crippen LogP contribution in [0.25, 0.3) is 16.5 Å². The number of fused-ring (bicyclic) bond motifs is 1. The van der Waals surface area contributed by atoms with E-state index in [-0.39, 0.29) is 17.6 Å². The fourth-order valence-corrected chi connectivity index (χ4v) is 3.71. The van der Waals surface area contributed by atoms with Gasteiger partial charge in [0, 0.05) is 41.4 Å². The van der Waals surface area contributed by atoms with Crippen LogP contribution in [-0.4, -0.2) is 45.0 Å². The Kier molecular flexibility index (Phi) is 5.41. The number of primary amides is 1. The van der Waals surface area contributed by atoms with E-state index in [1.807, 2.05) is 19.9 Å². The minimum absolute atomic E-state index is 0.0185. The number of amides is 2. The van der Waals surface area contributed by atoms with Crippen molar-refractivity contribution in [1.82, 2.24) is 15.3 Å². The molecule has 1 saturated carbocycles. The molecule has 0 radical (unpaired) electrons. The van der Waals surface area contributed by atoms with E-state index in [2.05, 4.69) is 20.6 Å². The quantitative estimate of drug-likeness (QED) is 0.542. The topological polar surface area (TPSA) is 130 Å². The molecule has 1 fully saturated rings. The fourth-order valence-electron chi connectivity index (χ4n) is 3.71. The second kappa shape index (κ2) is 7.94. The first-order valence-corrected chi connectivity index (χ1v) is 10.2. The highest BCUT2D eigenvalue weighted by Gasteiger charge is 2.61. The molecule has 0 spiro atoms. The molecule has 0 aromatic carbocycles. The van der Waals surface area contributed by atoms with Gasteiger partial charge in [0.1, 0.15) is 17.4 Å². The molecule has 1 aliphatic carbocycles. The molecule has 2 amide bonds. The number of hydrogen-bond acceptors (Lipinski definition) is 6. The number of aliphatic hydroxyl groups is 1. The molecular weight excluding hydrogens is 420 g/mol. The number of nitrogens with two attached hydrogens (primary N) is 1. The van der Waals surface area contributed by atoms with Gasteiger partial charge in [0.15, 0.2) is 0 Å². The summed E-state index contributed by atoms with van der Waals surface area (Å²) in [5.74, 6) is -5.83. The van der Waals surface area contributed by atoms with E-state index in [0.717, 1.165) is 5.57 Å². The monoisotopic (exact) mass is 443 g/mol. The number of allylic oxidation sites excluding steroid dienone is 2. The summed E-state index contributed by atoms with van der Waals surface area (Å²) in [4.78, 5) is 32.5. The third-order valence-corrected chi connectivity index (χ3v) is 5.72. The van der Waals surface area contributed by atoms with Crippen molar-refractivity contribution in [3.05, 3.63) is 47.4 Å². The summed E-state index contributed by atoms with van der Waals surface area (Å²) in [6.07, 6.45) is 4.58. The van der Waals surface area contributed by atoms with Gasteiger partial charge in [-0.1, -0.05) is 13.0 Å². The zero-order valence-corrected chi connectivity index (χ0v) is 17.5. The molecular formula is C22H23F2N5O3. The number of rotatable bonds is 6. The van der Waals surface area contributed by atoms with Crippen LogP contribution in [0.1, 0.15) is 42.7 Å². The van der Waals surface area contributed by atoms with Gasteiger partial charge < -0.3 is 21.5 Å². The highest BCUT2D eigenvalue weighted by molar-refractivity contribution is 6.02. The third-order valence-electron chi connectivity index (χ3n) is 5.72. The van der Waals surface area contributed by atoms with Crippen LogP contribution in [0.5, 0.6) is 0 Å². The molecule has 3 unspecified atom stereocenters. The van der Waals surface area contributed by atoms with Gasteiger partial charge in [0.25, 0.3) is 11.8 Å². The van der Waals surface area contributed by atoms with Gasteiger partial charge in [-0.05, 0) is 25.0 Å². The number of carbonyl (C=O) groups is 2. The smallest absolute Gasteiger partial charge is 0.267 e. The molecule has 2 aromatic rings. The summed E-state index contributed by atoms with van der Waals surface area (Å²) in [5.41, 5.74) is 7.95. The second-order valence-electron chi connectivity index (χ2n) is 8.09. The van der Waals surface area contributed by atoms with Crippen LogP contribution in [0.2, 0.25) is 0 Å². The summed E-state index contributed by atoms with van der Waals surface area (Å²) >= 11 is 0. The van der Waals surface area contributed by atoms with Crippen molar-refractivity contribution < 1.29 is 23.5 Å². The molecule has 2 aromatic heterocycles. The highest BCUT2D eigenvalue weighted by Crippen LogP contribution is 2.49. The lowest BCUT2D eigenvalue weighted by molar-refractivity contribution is -0.119. The van der Waals surface area contributed by atoms with Crippen molar-refractivity contribution >= 4 is 34.1 Å². The number of hydrogen-bond donors (Lipinski definition) is 4. The van der Waals surface area contributed by atoms with Crippen molar-refractivity contribution in [3.8, 4) is 0 Å². The van der Waals surface area contributed by atoms with Crippen LogP contribution in [-0.2, 0) is 4.79 Å². The van der Waals surface area contributed by atoms with Crippen molar-refractivity contribution in [2.24, 2.45) is 11.7 Å². The number of alkyl halides is 2. The average Bonchev–Trinajstić information content (AvgIpc) is 3.40. The fraction of sp³-hybridized carbons (Fsp3) is 0.364. The van der Waals surface area contributed by atoms with Crippen molar-refractivity contribution in [2.45, 2.75) is 44.8 Å². The molecule has 2 aliphatic rings. The molecule has 10 heteroatoms. The van der Waals surface area contributed by atoms with E-state index in [0.29, 0.717) is 28.5 Å². The van der Waals surface area contributed by atoms with E-state index in [1.165, 1.54) is 12.3 Å². The molecule has 3 heterocycles. The first-order chi connectivity index (χ1) is 15.1. The molecule has 4 rings (SSSR count). The van der Waals surface area contributed by atoms with E-state index in [9.17, 15) is 23.5 Å². The summed E-state index contributed by atoms with van der Waals surface area (Å²) < 4.78 is 26.2. The predicted molar refractivity (Wildman–Crippen MR) is 115 cm³/mol. The summed E-state index contributed by atoms with van der Waals surface area (Å²) in [6.45, 7) is 3.74. The van der Waals surface area contributed by atoms with Gasteiger partial charge in [0.05, 0.1) is 17.7 Å². The molecule has 3 atom stereocenters. The van der Waals surface area contributed by atoms with E-state index in [1.54, 1.807) is 12.3 Å². The van der Waals surface area contributed by atoms with Gasteiger partial charge in [-0.2, -0.15) is 0 Å². The molecule has 32 heavy (non-hydrogen) atoms. The lowest BCUT2D eigenvalue weighted by Gasteiger charge is -2.26. The number of halogens is 2. The number of aliphatic hydroxyl groups excluding tert-OH is 1. The zero-order chi connectivity index (χ0) is 23.2. The SMILES string of the molecule is CCC(O)C1C=C(C)C(c2cc3cnc(NC(=O)C4CC4(F)F)cc3nc2C(N)=O)=CN1. The standard InChI is InChI=1S/C22H23F2N5O3/c1-3-17(30)16-4-10(2)13(9-26-16)12-5-11-8-27-18(6-15(11)28-19(12)20(25)31)29-21(32)14-7-22(14,23)24/h4-6,8-9,14,16-17,26,30H,3,7H2,1-2H3,(H2,25,31)(H,27,29,32). The van der Waals surface area contributed by atoms with Crippen molar-refractivity contribution in [1.29, 1.82) is 0 Å². The first kappa shape index (κ1) is 21.8. The van der Waals surface area contributed by atoms with E-state index < -0.39 is 36.2 Å². The molecule has 8 nitrogen and oxygen atoms in total. The Morgan fingerprint density at radius 2 is 2.12 bits per heavy atom. The average molecular weight is 443 g/mol. The van der Waals surface area contributed by atoms with Crippen molar-refractivity contribution in [3.63, 3.8) is 0 Å². The summed E-state index contributed by atoms with van der Waals surface area (Å²) in [7, 11) is 0. The molecule has 168 valence electrons. The Balaban J connectivity index is 1.67. The maximum atomic E-state index is 13.1. The summed E-state index contributed by atoms with van der Waals surface area (Å²) in [5, 5.41) is 16.2. The molecule has 5 N–H and O–H groups in total. The Bertz CT molecular complexity index is 1180. The van der Waals surface area contributed by atoms with Gasteiger partial charge in [0.2, 0.25) is 5.91 Å². The summed E-state index contributed by atoms with van der Waals surface area (Å²) in [6, 6.07) is 2.87. The Labute approximate surface area is 182 Å². The predicted octanol–water partition coefficient (Wildman–Crippen LogP) is 2.35. The van der Waals surface area contributed by atoms with Crippen molar-refractivity contribution in [2.75, 3.05) is 5.32 Å². The molecule has 0 saturated heterocycles. The van der Waals surface area contributed by atoms with Gasteiger partial charge in [-0.3, -0.25) is 9.59 Å². The van der Waals surface area contributed by atoms with Gasteiger partial charge >= 0.3 is 0 Å². The Morgan fingerprint density at radius 1 is 1.41 bits per heavy atom. The van der Waals surface area contributed by atoms with Crippen LogP contribution in [0, 0.1) is 5.92 Å². The lowest BCUT2D eigenvalue weighted by atomic mass is 9.92. The third kappa shape index (κ3) is 4.05. The number of carbonyl (C=O) groups excluding carboxylic acids is 2. The second-order valence-corrected chi connectivity index (χ2v) is 8.09. The van der Waals surface area contributed by atoms with Gasteiger partial charge in [-0.15, -0.1) is 0 Å². The Hall–Kier alpha value is -3.40. The van der Waals surface area contributed by atoms with Crippen LogP contribution < -0.4 is 16.4 Å². The number of nitrogens with one attached hydrogen (secondary N) is 2. The first-order valence-electron chi connectivity index (χ1n) is 10.2. The minimum Gasteiger partial charge on any atom is -0.391 e. The van der Waals surface area contributed by atoms with Crippen LogP contribution in [0.3, 0.4) is 0 Å². The van der Waals surface area contributed by atoms with Crippen LogP contribution >= 0.6 is 0 Å². The number of nitrogens with zero attached hydrogens (tertiary/aromatic N) is 2. The molecule has 1 aliphatic heterocycles. The van der Waals surface area contributed by atoms with Gasteiger partial charge in [-0.25, -0.2) is 18.7 Å².